The van der Waals surface area contributed by atoms with Crippen LogP contribution in [0.25, 0.3) is 10.9 Å². The lowest BCUT2D eigenvalue weighted by atomic mass is 10.1. The van der Waals surface area contributed by atoms with Crippen LogP contribution in [0.1, 0.15) is 12.5 Å². The summed E-state index contributed by atoms with van der Waals surface area (Å²) in [6, 6.07) is 9.48. The van der Waals surface area contributed by atoms with Crippen molar-refractivity contribution in [3.05, 3.63) is 42.8 Å². The number of anilines is 1. The van der Waals surface area contributed by atoms with Crippen LogP contribution in [0, 0.1) is 6.92 Å². The second-order valence-corrected chi connectivity index (χ2v) is 3.36. The number of carbonyl (C=O) groups is 1. The zero-order chi connectivity index (χ0) is 10.8. The molecule has 1 heterocycles. The van der Waals surface area contributed by atoms with Gasteiger partial charge in [-0.3, -0.25) is 4.79 Å². The highest BCUT2D eigenvalue weighted by molar-refractivity contribution is 5.91. The SMILES string of the molecule is [CH2]c1cc(NC(C)=O)nc2ccccc12. The molecular weight excluding hydrogens is 188 g/mol. The van der Waals surface area contributed by atoms with Gasteiger partial charge >= 0.3 is 0 Å². The molecule has 1 amide bonds. The highest BCUT2D eigenvalue weighted by atomic mass is 16.1. The van der Waals surface area contributed by atoms with E-state index in [1.165, 1.54) is 6.92 Å². The number of benzene rings is 1. The molecule has 2 rings (SSSR count). The number of amides is 1. The molecule has 0 aliphatic carbocycles. The molecule has 0 bridgehead atoms. The van der Waals surface area contributed by atoms with E-state index in [-0.39, 0.29) is 5.91 Å². The lowest BCUT2D eigenvalue weighted by Gasteiger charge is -2.05. The molecule has 2 aromatic rings. The van der Waals surface area contributed by atoms with Crippen molar-refractivity contribution in [1.29, 1.82) is 0 Å². The molecule has 1 aromatic carbocycles. The summed E-state index contributed by atoms with van der Waals surface area (Å²) < 4.78 is 0. The third-order valence-corrected chi connectivity index (χ3v) is 2.11. The van der Waals surface area contributed by atoms with Gasteiger partial charge < -0.3 is 5.32 Å². The van der Waals surface area contributed by atoms with Crippen LogP contribution in [0.15, 0.2) is 30.3 Å². The maximum absolute atomic E-state index is 10.9. The molecule has 15 heavy (non-hydrogen) atoms. The van der Waals surface area contributed by atoms with Gasteiger partial charge in [-0.2, -0.15) is 0 Å². The van der Waals surface area contributed by atoms with E-state index in [0.29, 0.717) is 5.82 Å². The van der Waals surface area contributed by atoms with Gasteiger partial charge in [-0.15, -0.1) is 0 Å². The van der Waals surface area contributed by atoms with Gasteiger partial charge in [0.25, 0.3) is 0 Å². The van der Waals surface area contributed by atoms with Crippen molar-refractivity contribution in [2.45, 2.75) is 6.92 Å². The molecule has 0 aliphatic rings. The number of aromatic nitrogens is 1. The number of hydrogen-bond acceptors (Lipinski definition) is 2. The Bertz CT molecular complexity index is 520. The molecule has 0 saturated carbocycles. The van der Waals surface area contributed by atoms with E-state index in [4.69, 9.17) is 0 Å². The van der Waals surface area contributed by atoms with Crippen LogP contribution >= 0.6 is 0 Å². The zero-order valence-electron chi connectivity index (χ0n) is 8.45. The molecule has 1 N–H and O–H groups in total. The number of nitrogens with one attached hydrogen (secondary N) is 1. The summed E-state index contributed by atoms with van der Waals surface area (Å²) in [4.78, 5) is 15.2. The number of pyridine rings is 1. The maximum Gasteiger partial charge on any atom is 0.222 e. The summed E-state index contributed by atoms with van der Waals surface area (Å²) in [6.07, 6.45) is 0. The first-order chi connectivity index (χ1) is 7.16. The van der Waals surface area contributed by atoms with Crippen LogP contribution in [0.3, 0.4) is 0 Å². The molecule has 0 aliphatic heterocycles. The Kier molecular flexibility index (Phi) is 2.37. The van der Waals surface area contributed by atoms with E-state index in [1.807, 2.05) is 24.3 Å². The van der Waals surface area contributed by atoms with E-state index in [0.717, 1.165) is 16.5 Å². The lowest BCUT2D eigenvalue weighted by molar-refractivity contribution is -0.114. The van der Waals surface area contributed by atoms with Crippen LogP contribution in [0.4, 0.5) is 5.82 Å². The van der Waals surface area contributed by atoms with Crippen molar-refractivity contribution in [2.75, 3.05) is 5.32 Å². The van der Waals surface area contributed by atoms with Crippen molar-refractivity contribution in [1.82, 2.24) is 4.98 Å². The topological polar surface area (TPSA) is 42.0 Å². The Balaban J connectivity index is 2.57. The van der Waals surface area contributed by atoms with Crippen molar-refractivity contribution in [3.63, 3.8) is 0 Å². The quantitative estimate of drug-likeness (QED) is 0.766. The Labute approximate surface area is 88.1 Å². The van der Waals surface area contributed by atoms with Crippen LogP contribution < -0.4 is 5.32 Å². The molecule has 3 nitrogen and oxygen atoms in total. The van der Waals surface area contributed by atoms with Gasteiger partial charge in [0.1, 0.15) is 5.82 Å². The third kappa shape index (κ3) is 1.96. The van der Waals surface area contributed by atoms with Gasteiger partial charge in [-0.1, -0.05) is 18.2 Å². The molecule has 0 spiro atoms. The predicted octanol–water partition coefficient (Wildman–Crippen LogP) is 2.38. The van der Waals surface area contributed by atoms with E-state index in [2.05, 4.69) is 17.2 Å². The molecule has 75 valence electrons. The first kappa shape index (κ1) is 9.65. The molecule has 0 atom stereocenters. The minimum Gasteiger partial charge on any atom is -0.311 e. The summed E-state index contributed by atoms with van der Waals surface area (Å²) in [7, 11) is 0. The fourth-order valence-electron chi connectivity index (χ4n) is 1.49. The highest BCUT2D eigenvalue weighted by Gasteiger charge is 2.02. The smallest absolute Gasteiger partial charge is 0.222 e. The van der Waals surface area contributed by atoms with Gasteiger partial charge in [0.2, 0.25) is 5.91 Å². The van der Waals surface area contributed by atoms with Crippen molar-refractivity contribution < 1.29 is 4.79 Å². The van der Waals surface area contributed by atoms with E-state index in [9.17, 15) is 4.79 Å². The molecule has 1 aromatic heterocycles. The Morgan fingerprint density at radius 2 is 2.13 bits per heavy atom. The summed E-state index contributed by atoms with van der Waals surface area (Å²) in [5.74, 6) is 0.420. The van der Waals surface area contributed by atoms with E-state index >= 15 is 0 Å². The summed E-state index contributed by atoms with van der Waals surface area (Å²) in [6.45, 7) is 5.38. The number of hydrogen-bond donors (Lipinski definition) is 1. The number of fused-ring (bicyclic) bond motifs is 1. The number of rotatable bonds is 1. The minimum absolute atomic E-state index is 0.128. The molecule has 0 saturated heterocycles. The first-order valence-corrected chi connectivity index (χ1v) is 4.66. The van der Waals surface area contributed by atoms with Gasteiger partial charge in [-0.25, -0.2) is 4.98 Å². The number of nitrogens with zero attached hydrogens (tertiary/aromatic N) is 1. The number of carbonyl (C=O) groups excluding carboxylic acids is 1. The molecule has 3 heteroatoms. The normalized spacial score (nSPS) is 10.3. The average molecular weight is 199 g/mol. The van der Waals surface area contributed by atoms with Gasteiger partial charge in [-0.05, 0) is 24.6 Å². The van der Waals surface area contributed by atoms with Gasteiger partial charge in [0, 0.05) is 12.3 Å². The first-order valence-electron chi connectivity index (χ1n) is 4.66. The van der Waals surface area contributed by atoms with Crippen molar-refractivity contribution in [3.8, 4) is 0 Å². The highest BCUT2D eigenvalue weighted by Crippen LogP contribution is 2.19. The second kappa shape index (κ2) is 3.69. The van der Waals surface area contributed by atoms with Crippen molar-refractivity contribution >= 4 is 22.6 Å². The third-order valence-electron chi connectivity index (χ3n) is 2.11. The van der Waals surface area contributed by atoms with Gasteiger partial charge in [0.05, 0.1) is 5.52 Å². The molecule has 0 unspecified atom stereocenters. The number of para-hydroxylation sites is 1. The molecule has 0 fully saturated rings. The Hall–Kier alpha value is -1.90. The van der Waals surface area contributed by atoms with E-state index < -0.39 is 0 Å². The lowest BCUT2D eigenvalue weighted by Crippen LogP contribution is -2.07. The fourth-order valence-corrected chi connectivity index (χ4v) is 1.49. The van der Waals surface area contributed by atoms with E-state index in [1.54, 1.807) is 6.07 Å². The van der Waals surface area contributed by atoms with Gasteiger partial charge in [0.15, 0.2) is 0 Å². The Morgan fingerprint density at radius 1 is 1.40 bits per heavy atom. The summed E-state index contributed by atoms with van der Waals surface area (Å²) >= 11 is 0. The van der Waals surface area contributed by atoms with Crippen LogP contribution in [-0.2, 0) is 4.79 Å². The summed E-state index contributed by atoms with van der Waals surface area (Å²) in [5, 5.41) is 3.65. The van der Waals surface area contributed by atoms with Crippen LogP contribution in [-0.4, -0.2) is 10.9 Å². The van der Waals surface area contributed by atoms with Crippen LogP contribution in [0.5, 0.6) is 0 Å². The Morgan fingerprint density at radius 3 is 2.87 bits per heavy atom. The monoisotopic (exact) mass is 199 g/mol. The van der Waals surface area contributed by atoms with Crippen molar-refractivity contribution in [2.24, 2.45) is 0 Å². The minimum atomic E-state index is -0.128. The average Bonchev–Trinajstić information content (AvgIpc) is 2.16. The molecule has 1 radical (unpaired) electrons. The molecular formula is C12H11N2O. The fraction of sp³-hybridized carbons (Fsp3) is 0.0833. The maximum atomic E-state index is 10.9. The largest absolute Gasteiger partial charge is 0.311 e. The zero-order valence-corrected chi connectivity index (χ0v) is 8.45. The standard InChI is InChI=1S/C12H11N2O/c1-8-7-12(13-9(2)15)14-11-6-4-3-5-10(8)11/h3-7H,1H2,2H3,(H,13,14,15). The van der Waals surface area contributed by atoms with Crippen LogP contribution in [0.2, 0.25) is 0 Å². The summed E-state index contributed by atoms with van der Waals surface area (Å²) in [5.41, 5.74) is 1.71. The predicted molar refractivity (Wildman–Crippen MR) is 60.5 cm³/mol. The second-order valence-electron chi connectivity index (χ2n) is 3.36.